The van der Waals surface area contributed by atoms with E-state index in [1.165, 1.54) is 0 Å². The smallest absolute Gasteiger partial charge is 0.230 e. The normalized spacial score (nSPS) is 14.6. The molecule has 0 bridgehead atoms. The Balaban J connectivity index is 1.48. The molecule has 0 radical (unpaired) electrons. The Kier molecular flexibility index (Phi) is 5.55. The van der Waals surface area contributed by atoms with Crippen LogP contribution < -0.4 is 15.4 Å². The van der Waals surface area contributed by atoms with Gasteiger partial charge in [-0.25, -0.2) is 4.98 Å². The number of fused-ring (bicyclic) bond motifs is 1. The number of hydrogen-bond acceptors (Lipinski definition) is 10. The highest BCUT2D eigenvalue weighted by Crippen LogP contribution is 2.33. The third-order valence-electron chi connectivity index (χ3n) is 3.96. The van der Waals surface area contributed by atoms with Gasteiger partial charge in [-0.15, -0.1) is 11.3 Å². The van der Waals surface area contributed by atoms with Gasteiger partial charge >= 0.3 is 0 Å². The van der Waals surface area contributed by atoms with Gasteiger partial charge in [-0.2, -0.15) is 15.0 Å². The standard InChI is InChI=1S/C17H20N6O2S2/c1-2-25-11-3-4-12-13(9-11)27-17(19-12)26-10-14-20-15(18)22-16(21-14)23-5-7-24-8-6-23/h3-4,9H,2,5-8,10H2,1H3,(H2,18,20,21,22). The minimum atomic E-state index is 0.243. The number of morpholine rings is 1. The summed E-state index contributed by atoms with van der Waals surface area (Å²) < 4.78 is 13.0. The van der Waals surface area contributed by atoms with Crippen LogP contribution >= 0.6 is 23.1 Å². The van der Waals surface area contributed by atoms with Crippen LogP contribution in [0.5, 0.6) is 5.75 Å². The summed E-state index contributed by atoms with van der Waals surface area (Å²) in [6, 6.07) is 5.96. The molecule has 1 aromatic carbocycles. The summed E-state index contributed by atoms with van der Waals surface area (Å²) in [6.45, 7) is 5.49. The van der Waals surface area contributed by atoms with Crippen LogP contribution in [0.4, 0.5) is 11.9 Å². The lowest BCUT2D eigenvalue weighted by molar-refractivity contribution is 0.122. The molecule has 0 amide bonds. The molecule has 1 saturated heterocycles. The van der Waals surface area contributed by atoms with Crippen molar-refractivity contribution in [3.8, 4) is 5.75 Å². The van der Waals surface area contributed by atoms with E-state index < -0.39 is 0 Å². The molecule has 1 aliphatic heterocycles. The molecule has 2 aromatic heterocycles. The molecule has 2 N–H and O–H groups in total. The highest BCUT2D eigenvalue weighted by atomic mass is 32.2. The Morgan fingerprint density at radius 1 is 1.22 bits per heavy atom. The van der Waals surface area contributed by atoms with Crippen molar-refractivity contribution in [1.82, 2.24) is 19.9 Å². The Morgan fingerprint density at radius 2 is 2.07 bits per heavy atom. The molecule has 0 atom stereocenters. The van der Waals surface area contributed by atoms with Crippen molar-refractivity contribution in [3.63, 3.8) is 0 Å². The van der Waals surface area contributed by atoms with Crippen LogP contribution in [0.1, 0.15) is 12.7 Å². The summed E-state index contributed by atoms with van der Waals surface area (Å²) in [5.41, 5.74) is 6.85. The first-order valence-corrected chi connectivity index (χ1v) is 10.5. The van der Waals surface area contributed by atoms with Crippen molar-refractivity contribution >= 4 is 45.2 Å². The number of thioether (sulfide) groups is 1. The average Bonchev–Trinajstić information content (AvgIpc) is 3.09. The van der Waals surface area contributed by atoms with E-state index in [2.05, 4.69) is 24.8 Å². The average molecular weight is 405 g/mol. The maximum Gasteiger partial charge on any atom is 0.230 e. The number of nitrogens with two attached hydrogens (primary N) is 1. The van der Waals surface area contributed by atoms with Crippen molar-refractivity contribution in [2.24, 2.45) is 0 Å². The second-order valence-corrected chi connectivity index (χ2v) is 8.09. The molecule has 3 aromatic rings. The molecular formula is C17H20N6O2S2. The lowest BCUT2D eigenvalue weighted by atomic mass is 10.3. The van der Waals surface area contributed by atoms with Gasteiger partial charge in [0.1, 0.15) is 11.6 Å². The van der Waals surface area contributed by atoms with Gasteiger partial charge in [0.25, 0.3) is 0 Å². The molecule has 0 unspecified atom stereocenters. The van der Waals surface area contributed by atoms with Crippen molar-refractivity contribution in [1.29, 1.82) is 0 Å². The van der Waals surface area contributed by atoms with E-state index in [1.807, 2.05) is 25.1 Å². The zero-order chi connectivity index (χ0) is 18.6. The number of nitrogens with zero attached hydrogens (tertiary/aromatic N) is 5. The number of thiazole rings is 1. The summed E-state index contributed by atoms with van der Waals surface area (Å²) >= 11 is 3.23. The topological polar surface area (TPSA) is 99.3 Å². The SMILES string of the molecule is CCOc1ccc2nc(SCc3nc(N)nc(N4CCOCC4)n3)sc2c1. The highest BCUT2D eigenvalue weighted by molar-refractivity contribution is 8.00. The van der Waals surface area contributed by atoms with Crippen molar-refractivity contribution in [2.75, 3.05) is 43.5 Å². The Hall–Kier alpha value is -2.17. The second kappa shape index (κ2) is 8.24. The van der Waals surface area contributed by atoms with Gasteiger partial charge in [-0.1, -0.05) is 11.8 Å². The number of hydrogen-bond donors (Lipinski definition) is 1. The van der Waals surface area contributed by atoms with Gasteiger partial charge in [0, 0.05) is 13.1 Å². The maximum atomic E-state index is 5.89. The van der Waals surface area contributed by atoms with Crippen LogP contribution in [0.25, 0.3) is 10.2 Å². The first kappa shape index (κ1) is 18.2. The fraction of sp³-hybridized carbons (Fsp3) is 0.412. The van der Waals surface area contributed by atoms with Gasteiger partial charge in [-0.3, -0.25) is 0 Å². The monoisotopic (exact) mass is 404 g/mol. The molecule has 10 heteroatoms. The largest absolute Gasteiger partial charge is 0.494 e. The van der Waals surface area contributed by atoms with Crippen LogP contribution in [-0.4, -0.2) is 52.8 Å². The first-order chi connectivity index (χ1) is 13.2. The number of benzene rings is 1. The van der Waals surface area contributed by atoms with E-state index in [-0.39, 0.29) is 5.95 Å². The van der Waals surface area contributed by atoms with Gasteiger partial charge in [0.15, 0.2) is 4.34 Å². The quantitative estimate of drug-likeness (QED) is 0.621. The number of rotatable bonds is 6. The van der Waals surface area contributed by atoms with Crippen LogP contribution in [0.15, 0.2) is 22.5 Å². The summed E-state index contributed by atoms with van der Waals surface area (Å²) in [4.78, 5) is 19.8. The van der Waals surface area contributed by atoms with E-state index in [4.69, 9.17) is 15.2 Å². The number of ether oxygens (including phenoxy) is 2. The molecule has 3 heterocycles. The van der Waals surface area contributed by atoms with Gasteiger partial charge in [-0.05, 0) is 25.1 Å². The number of nitrogen functional groups attached to an aromatic ring is 1. The van der Waals surface area contributed by atoms with Crippen LogP contribution in [0.3, 0.4) is 0 Å². The number of aromatic nitrogens is 4. The van der Waals surface area contributed by atoms with E-state index in [0.717, 1.165) is 33.4 Å². The lowest BCUT2D eigenvalue weighted by Crippen LogP contribution is -2.37. The van der Waals surface area contributed by atoms with Gasteiger partial charge in [0.05, 0.1) is 35.8 Å². The van der Waals surface area contributed by atoms with Crippen molar-refractivity contribution < 1.29 is 9.47 Å². The first-order valence-electron chi connectivity index (χ1n) is 8.70. The Morgan fingerprint density at radius 3 is 2.89 bits per heavy atom. The third kappa shape index (κ3) is 4.40. The Labute approximate surface area is 165 Å². The van der Waals surface area contributed by atoms with E-state index >= 15 is 0 Å². The summed E-state index contributed by atoms with van der Waals surface area (Å²) in [5.74, 6) is 2.97. The molecule has 0 aliphatic carbocycles. The predicted molar refractivity (Wildman–Crippen MR) is 108 cm³/mol. The van der Waals surface area contributed by atoms with E-state index in [1.54, 1.807) is 23.1 Å². The van der Waals surface area contributed by atoms with E-state index in [0.29, 0.717) is 37.3 Å². The minimum Gasteiger partial charge on any atom is -0.494 e. The van der Waals surface area contributed by atoms with Gasteiger partial charge in [0.2, 0.25) is 11.9 Å². The summed E-state index contributed by atoms with van der Waals surface area (Å²) in [6.07, 6.45) is 0. The second-order valence-electron chi connectivity index (χ2n) is 5.84. The fourth-order valence-corrected chi connectivity index (χ4v) is 4.67. The molecule has 1 aliphatic rings. The van der Waals surface area contributed by atoms with Crippen molar-refractivity contribution in [2.45, 2.75) is 17.0 Å². The molecule has 8 nitrogen and oxygen atoms in total. The zero-order valence-electron chi connectivity index (χ0n) is 14.9. The molecule has 0 spiro atoms. The fourth-order valence-electron chi connectivity index (χ4n) is 2.72. The zero-order valence-corrected chi connectivity index (χ0v) is 16.6. The summed E-state index contributed by atoms with van der Waals surface area (Å²) in [7, 11) is 0. The van der Waals surface area contributed by atoms with Crippen molar-refractivity contribution in [3.05, 3.63) is 24.0 Å². The minimum absolute atomic E-state index is 0.243. The molecule has 0 saturated carbocycles. The Bertz CT molecular complexity index is 929. The molecule has 142 valence electrons. The molecular weight excluding hydrogens is 384 g/mol. The van der Waals surface area contributed by atoms with E-state index in [9.17, 15) is 0 Å². The van der Waals surface area contributed by atoms with Gasteiger partial charge < -0.3 is 20.1 Å². The lowest BCUT2D eigenvalue weighted by Gasteiger charge is -2.26. The highest BCUT2D eigenvalue weighted by Gasteiger charge is 2.16. The molecule has 4 rings (SSSR count). The van der Waals surface area contributed by atoms with Crippen LogP contribution in [-0.2, 0) is 10.5 Å². The molecule has 1 fully saturated rings. The van der Waals surface area contributed by atoms with Crippen LogP contribution in [0.2, 0.25) is 0 Å². The number of anilines is 2. The summed E-state index contributed by atoms with van der Waals surface area (Å²) in [5, 5.41) is 0. The van der Waals surface area contributed by atoms with Crippen LogP contribution in [0, 0.1) is 0 Å². The third-order valence-corrected chi connectivity index (χ3v) is 6.11. The predicted octanol–water partition coefficient (Wildman–Crippen LogP) is 2.59. The molecule has 27 heavy (non-hydrogen) atoms. The maximum absolute atomic E-state index is 5.89.